The van der Waals surface area contributed by atoms with Crippen molar-refractivity contribution >= 4 is 25.3 Å². The molecule has 35 heavy (non-hydrogen) atoms. The van der Waals surface area contributed by atoms with Crippen LogP contribution in [0.15, 0.2) is 12.1 Å². The lowest BCUT2D eigenvalue weighted by molar-refractivity contribution is -0.385. The van der Waals surface area contributed by atoms with Crippen LogP contribution in [0.25, 0.3) is 0 Å². The molecule has 1 aromatic heterocycles. The van der Waals surface area contributed by atoms with Gasteiger partial charge < -0.3 is 14.2 Å². The number of ketones is 1. The van der Waals surface area contributed by atoms with E-state index in [1.165, 1.54) is 21.1 Å². The molecule has 0 fully saturated rings. The summed E-state index contributed by atoms with van der Waals surface area (Å²) in [7, 11) is -1.41. The van der Waals surface area contributed by atoms with Gasteiger partial charge >= 0.3 is 13.8 Å². The molecular weight excluding hydrogens is 491 g/mol. The molecule has 0 radical (unpaired) electrons. The highest BCUT2D eigenvalue weighted by Gasteiger charge is 2.33. The molecular formula is C19H25N4O11P. The molecule has 0 aliphatic carbocycles. The van der Waals surface area contributed by atoms with E-state index in [0.29, 0.717) is 0 Å². The number of ether oxygens (including phenoxy) is 3. The summed E-state index contributed by atoms with van der Waals surface area (Å²) in [5.41, 5.74) is -2.16. The zero-order valence-corrected chi connectivity index (χ0v) is 20.6. The van der Waals surface area contributed by atoms with E-state index < -0.39 is 53.9 Å². The van der Waals surface area contributed by atoms with Gasteiger partial charge in [-0.05, 0) is 20.8 Å². The summed E-state index contributed by atoms with van der Waals surface area (Å²) in [6.45, 7) is 4.04. The maximum Gasteiger partial charge on any atom is 0.476 e. The van der Waals surface area contributed by atoms with Gasteiger partial charge in [0.15, 0.2) is 23.9 Å². The molecule has 2 aromatic rings. The van der Waals surface area contributed by atoms with Crippen LogP contribution in [-0.4, -0.2) is 65.7 Å². The number of benzene rings is 1. The van der Waals surface area contributed by atoms with Gasteiger partial charge in [0.2, 0.25) is 11.5 Å². The van der Waals surface area contributed by atoms with Gasteiger partial charge in [-0.3, -0.25) is 28.5 Å². The Balaban J connectivity index is 2.55. The van der Waals surface area contributed by atoms with Crippen LogP contribution < -0.4 is 9.47 Å². The lowest BCUT2D eigenvalue weighted by atomic mass is 10.0. The first kappa shape index (κ1) is 27.9. The molecule has 0 amide bonds. The molecule has 16 heteroatoms. The number of nitro groups is 1. The molecule has 0 saturated carbocycles. The van der Waals surface area contributed by atoms with Gasteiger partial charge in [0, 0.05) is 6.07 Å². The lowest BCUT2D eigenvalue weighted by Gasteiger charge is -2.15. The standard InChI is InChI=1S/C19H25N4O11P/c1-6-31-19(25)17-16(20-22(21-17)11-34-35(28,32-7-2)33-8-3)18(24)12-9-14(29-4)15(30-5)10-13(12)23(26)27/h9-10H,6-8,11H2,1-5H3. The van der Waals surface area contributed by atoms with E-state index in [1.54, 1.807) is 13.8 Å². The average molecular weight is 516 g/mol. The number of phosphoric ester groups is 1. The topological polar surface area (TPSA) is 180 Å². The Hall–Kier alpha value is -3.39. The van der Waals surface area contributed by atoms with Gasteiger partial charge in [-0.15, -0.1) is 10.2 Å². The van der Waals surface area contributed by atoms with E-state index in [4.69, 9.17) is 27.8 Å². The third-order valence-electron chi connectivity index (χ3n) is 4.19. The minimum Gasteiger partial charge on any atom is -0.493 e. The molecule has 0 spiro atoms. The van der Waals surface area contributed by atoms with Crippen LogP contribution in [-0.2, 0) is 29.6 Å². The minimum atomic E-state index is -3.97. The zero-order chi connectivity index (χ0) is 26.2. The molecule has 0 aliphatic rings. The van der Waals surface area contributed by atoms with Crippen molar-refractivity contribution < 1.29 is 46.9 Å². The number of carbonyl (C=O) groups excluding carboxylic acids is 2. The number of hydrogen-bond acceptors (Lipinski definition) is 13. The molecule has 15 nitrogen and oxygen atoms in total. The number of hydrogen-bond donors (Lipinski definition) is 0. The fraction of sp³-hybridized carbons (Fsp3) is 0.474. The van der Waals surface area contributed by atoms with Crippen molar-refractivity contribution in [3.8, 4) is 11.5 Å². The van der Waals surface area contributed by atoms with Crippen molar-refractivity contribution in [3.05, 3.63) is 39.2 Å². The van der Waals surface area contributed by atoms with E-state index >= 15 is 0 Å². The van der Waals surface area contributed by atoms with Crippen LogP contribution in [0.1, 0.15) is 47.3 Å². The summed E-state index contributed by atoms with van der Waals surface area (Å²) in [6.07, 6.45) is 0. The van der Waals surface area contributed by atoms with Crippen molar-refractivity contribution in [3.63, 3.8) is 0 Å². The molecule has 1 aromatic carbocycles. The molecule has 192 valence electrons. The Labute approximate surface area is 200 Å². The number of phosphoric acid groups is 1. The van der Waals surface area contributed by atoms with Gasteiger partial charge in [-0.25, -0.2) is 9.36 Å². The number of nitro benzene ring substituents is 1. The van der Waals surface area contributed by atoms with E-state index in [9.17, 15) is 24.3 Å². The molecule has 0 atom stereocenters. The van der Waals surface area contributed by atoms with Crippen molar-refractivity contribution in [1.82, 2.24) is 15.0 Å². The fourth-order valence-electron chi connectivity index (χ4n) is 2.77. The Morgan fingerprint density at radius 1 is 0.971 bits per heavy atom. The Morgan fingerprint density at radius 2 is 1.54 bits per heavy atom. The number of esters is 1. The summed E-state index contributed by atoms with van der Waals surface area (Å²) < 4.78 is 42.8. The Kier molecular flexibility index (Phi) is 9.83. The quantitative estimate of drug-likeness (QED) is 0.118. The van der Waals surface area contributed by atoms with Gasteiger partial charge in [-0.1, -0.05) is 0 Å². The Morgan fingerprint density at radius 3 is 2.06 bits per heavy atom. The predicted octanol–water partition coefficient (Wildman–Crippen LogP) is 2.77. The van der Waals surface area contributed by atoms with Crippen molar-refractivity contribution in [2.75, 3.05) is 34.0 Å². The van der Waals surface area contributed by atoms with Crippen LogP contribution in [0.5, 0.6) is 11.5 Å². The Bertz CT molecular complexity index is 1120. The lowest BCUT2D eigenvalue weighted by Crippen LogP contribution is -2.14. The molecule has 0 aliphatic heterocycles. The predicted molar refractivity (Wildman–Crippen MR) is 118 cm³/mol. The molecule has 2 rings (SSSR count). The third kappa shape index (κ3) is 6.60. The highest BCUT2D eigenvalue weighted by atomic mass is 31.2. The SMILES string of the molecule is CCOC(=O)c1nn(COP(=O)(OCC)OCC)nc1C(=O)c1cc(OC)c(OC)cc1[N+](=O)[O-]. The van der Waals surface area contributed by atoms with Crippen LogP contribution in [0.2, 0.25) is 0 Å². The van der Waals surface area contributed by atoms with Crippen LogP contribution in [0.4, 0.5) is 5.69 Å². The molecule has 0 saturated heterocycles. The van der Waals surface area contributed by atoms with Crippen LogP contribution in [0, 0.1) is 10.1 Å². The van der Waals surface area contributed by atoms with Gasteiger partial charge in [0.25, 0.3) is 5.69 Å². The summed E-state index contributed by atoms with van der Waals surface area (Å²) >= 11 is 0. The van der Waals surface area contributed by atoms with E-state index in [1.807, 2.05) is 0 Å². The minimum absolute atomic E-state index is 0.0148. The molecule has 0 bridgehead atoms. The molecule has 0 unspecified atom stereocenters. The number of nitrogens with zero attached hydrogens (tertiary/aromatic N) is 4. The smallest absolute Gasteiger partial charge is 0.476 e. The largest absolute Gasteiger partial charge is 0.493 e. The normalized spacial score (nSPS) is 11.2. The van der Waals surface area contributed by atoms with E-state index in [0.717, 1.165) is 16.9 Å². The number of aromatic nitrogens is 3. The fourth-order valence-corrected chi connectivity index (χ4v) is 3.88. The summed E-state index contributed by atoms with van der Waals surface area (Å²) in [4.78, 5) is 37.3. The molecule has 1 heterocycles. The second-order valence-corrected chi connectivity index (χ2v) is 8.01. The number of methoxy groups -OCH3 is 2. The van der Waals surface area contributed by atoms with Crippen molar-refractivity contribution in [2.45, 2.75) is 27.5 Å². The summed E-state index contributed by atoms with van der Waals surface area (Å²) in [5.74, 6) is -1.99. The van der Waals surface area contributed by atoms with Gasteiger partial charge in [-0.2, -0.15) is 4.80 Å². The van der Waals surface area contributed by atoms with Gasteiger partial charge in [0.1, 0.15) is 5.56 Å². The zero-order valence-electron chi connectivity index (χ0n) is 19.7. The van der Waals surface area contributed by atoms with Crippen molar-refractivity contribution in [1.29, 1.82) is 0 Å². The van der Waals surface area contributed by atoms with Crippen LogP contribution >= 0.6 is 7.82 Å². The number of rotatable bonds is 14. The monoisotopic (exact) mass is 516 g/mol. The van der Waals surface area contributed by atoms with E-state index in [-0.39, 0.29) is 31.3 Å². The summed E-state index contributed by atoms with van der Waals surface area (Å²) in [5, 5.41) is 19.4. The average Bonchev–Trinajstić information content (AvgIpc) is 3.26. The van der Waals surface area contributed by atoms with Crippen LogP contribution in [0.3, 0.4) is 0 Å². The maximum atomic E-state index is 13.3. The first-order chi connectivity index (χ1) is 16.6. The first-order valence-electron chi connectivity index (χ1n) is 10.3. The third-order valence-corrected chi connectivity index (χ3v) is 5.77. The van der Waals surface area contributed by atoms with E-state index in [2.05, 4.69) is 10.2 Å². The second-order valence-electron chi connectivity index (χ2n) is 6.34. The molecule has 0 N–H and O–H groups in total. The number of carbonyl (C=O) groups is 2. The van der Waals surface area contributed by atoms with Crippen molar-refractivity contribution in [2.24, 2.45) is 0 Å². The maximum absolute atomic E-state index is 13.3. The second kappa shape index (κ2) is 12.4. The first-order valence-corrected chi connectivity index (χ1v) is 11.7. The summed E-state index contributed by atoms with van der Waals surface area (Å²) in [6, 6.07) is 2.09. The highest BCUT2D eigenvalue weighted by Crippen LogP contribution is 2.49. The highest BCUT2D eigenvalue weighted by molar-refractivity contribution is 7.48. The van der Waals surface area contributed by atoms with Gasteiger partial charge in [0.05, 0.1) is 45.0 Å².